The molecule has 15 heavy (non-hydrogen) atoms. The molecule has 3 nitrogen and oxygen atoms in total. The molecule has 0 aromatic carbocycles. The minimum atomic E-state index is -0.459. The molecule has 0 aliphatic rings. The fraction of sp³-hybridized carbons (Fsp3) is 0.545. The zero-order chi connectivity index (χ0) is 11.3. The maximum atomic E-state index is 11.2. The van der Waals surface area contributed by atoms with Gasteiger partial charge in [0.15, 0.2) is 4.88 Å². The van der Waals surface area contributed by atoms with Crippen molar-refractivity contribution >= 4 is 17.3 Å². The molecule has 0 spiro atoms. The third kappa shape index (κ3) is 3.23. The van der Waals surface area contributed by atoms with Crippen molar-refractivity contribution in [2.24, 2.45) is 0 Å². The second-order valence-electron chi connectivity index (χ2n) is 3.38. The predicted molar refractivity (Wildman–Crippen MR) is 60.6 cm³/mol. The lowest BCUT2D eigenvalue weighted by molar-refractivity contribution is 0.0603. The maximum Gasteiger partial charge on any atom is 0.351 e. The Morgan fingerprint density at radius 3 is 2.87 bits per heavy atom. The van der Waals surface area contributed by atoms with E-state index in [1.165, 1.54) is 31.3 Å². The standard InChI is InChI=1S/C11H16O3S/c1-3-4-5-6-8-7-9(12)10(15-8)11(13)14-2/h7,12H,3-6H2,1-2H3. The van der Waals surface area contributed by atoms with Crippen molar-refractivity contribution in [3.63, 3.8) is 0 Å². The number of aryl methyl sites for hydroxylation is 1. The van der Waals surface area contributed by atoms with Gasteiger partial charge in [-0.25, -0.2) is 4.79 Å². The predicted octanol–water partition coefficient (Wildman–Crippen LogP) is 2.97. The second-order valence-corrected chi connectivity index (χ2v) is 4.51. The molecule has 0 unspecified atom stereocenters. The second kappa shape index (κ2) is 5.75. The summed E-state index contributed by atoms with van der Waals surface area (Å²) in [5, 5.41) is 9.50. The molecule has 4 heteroatoms. The number of ether oxygens (including phenoxy) is 1. The van der Waals surface area contributed by atoms with Gasteiger partial charge < -0.3 is 9.84 Å². The highest BCUT2D eigenvalue weighted by atomic mass is 32.1. The van der Waals surface area contributed by atoms with E-state index in [2.05, 4.69) is 11.7 Å². The molecule has 0 saturated carbocycles. The Hall–Kier alpha value is -1.03. The number of methoxy groups -OCH3 is 1. The van der Waals surface area contributed by atoms with Crippen LogP contribution < -0.4 is 0 Å². The van der Waals surface area contributed by atoms with Crippen LogP contribution in [0.3, 0.4) is 0 Å². The number of aromatic hydroxyl groups is 1. The van der Waals surface area contributed by atoms with E-state index in [-0.39, 0.29) is 5.75 Å². The summed E-state index contributed by atoms with van der Waals surface area (Å²) in [6.07, 6.45) is 4.35. The number of carbonyl (C=O) groups is 1. The number of thiophene rings is 1. The first-order valence-electron chi connectivity index (χ1n) is 5.09. The van der Waals surface area contributed by atoms with Crippen LogP contribution in [0.5, 0.6) is 5.75 Å². The van der Waals surface area contributed by atoms with Gasteiger partial charge in [-0.3, -0.25) is 0 Å². The van der Waals surface area contributed by atoms with Crippen molar-refractivity contribution in [1.29, 1.82) is 0 Å². The summed E-state index contributed by atoms with van der Waals surface area (Å²) in [6, 6.07) is 1.66. The monoisotopic (exact) mass is 228 g/mol. The topological polar surface area (TPSA) is 46.5 Å². The summed E-state index contributed by atoms with van der Waals surface area (Å²) in [4.78, 5) is 12.6. The van der Waals surface area contributed by atoms with Crippen LogP contribution in [0.25, 0.3) is 0 Å². The Bertz CT molecular complexity index is 331. The van der Waals surface area contributed by atoms with E-state index in [4.69, 9.17) is 0 Å². The SMILES string of the molecule is CCCCCc1cc(O)c(C(=O)OC)s1. The Kier molecular flexibility index (Phi) is 4.62. The van der Waals surface area contributed by atoms with Gasteiger partial charge in [-0.1, -0.05) is 19.8 Å². The van der Waals surface area contributed by atoms with Crippen LogP contribution in [-0.2, 0) is 11.2 Å². The van der Waals surface area contributed by atoms with Gasteiger partial charge in [0, 0.05) is 4.88 Å². The first-order valence-corrected chi connectivity index (χ1v) is 5.90. The van der Waals surface area contributed by atoms with Gasteiger partial charge >= 0.3 is 5.97 Å². The highest BCUT2D eigenvalue weighted by molar-refractivity contribution is 7.14. The number of carbonyl (C=O) groups excluding carboxylic acids is 1. The molecular formula is C11H16O3S. The summed E-state index contributed by atoms with van der Waals surface area (Å²) in [5.74, 6) is -0.419. The van der Waals surface area contributed by atoms with Gasteiger partial charge in [-0.2, -0.15) is 0 Å². The molecule has 1 aromatic heterocycles. The van der Waals surface area contributed by atoms with Crippen LogP contribution in [0.4, 0.5) is 0 Å². The van der Waals surface area contributed by atoms with Crippen molar-refractivity contribution in [3.8, 4) is 5.75 Å². The molecule has 1 heterocycles. The Morgan fingerprint density at radius 1 is 1.53 bits per heavy atom. The highest BCUT2D eigenvalue weighted by Crippen LogP contribution is 2.29. The van der Waals surface area contributed by atoms with E-state index in [1.807, 2.05) is 0 Å². The van der Waals surface area contributed by atoms with Crippen molar-refractivity contribution in [2.75, 3.05) is 7.11 Å². The van der Waals surface area contributed by atoms with E-state index in [0.717, 1.165) is 17.7 Å². The van der Waals surface area contributed by atoms with Crippen LogP contribution in [-0.4, -0.2) is 18.2 Å². The average molecular weight is 228 g/mol. The molecule has 0 fully saturated rings. The summed E-state index contributed by atoms with van der Waals surface area (Å²) in [6.45, 7) is 2.14. The number of hydrogen-bond donors (Lipinski definition) is 1. The van der Waals surface area contributed by atoms with Crippen molar-refractivity contribution in [1.82, 2.24) is 0 Å². The Morgan fingerprint density at radius 2 is 2.27 bits per heavy atom. The fourth-order valence-electron chi connectivity index (χ4n) is 1.34. The van der Waals surface area contributed by atoms with Crippen molar-refractivity contribution in [3.05, 3.63) is 15.8 Å². The largest absolute Gasteiger partial charge is 0.506 e. The van der Waals surface area contributed by atoms with E-state index in [1.54, 1.807) is 6.07 Å². The lowest BCUT2D eigenvalue weighted by atomic mass is 10.2. The van der Waals surface area contributed by atoms with Gasteiger partial charge in [0.25, 0.3) is 0 Å². The van der Waals surface area contributed by atoms with Gasteiger partial charge in [-0.15, -0.1) is 11.3 Å². The molecule has 84 valence electrons. The molecule has 0 aliphatic carbocycles. The smallest absolute Gasteiger partial charge is 0.351 e. The number of esters is 1. The molecule has 1 rings (SSSR count). The fourth-order valence-corrected chi connectivity index (χ4v) is 2.35. The van der Waals surface area contributed by atoms with Gasteiger partial charge in [0.05, 0.1) is 7.11 Å². The molecule has 0 bridgehead atoms. The molecule has 0 saturated heterocycles. The third-order valence-electron chi connectivity index (χ3n) is 2.16. The highest BCUT2D eigenvalue weighted by Gasteiger charge is 2.15. The summed E-state index contributed by atoms with van der Waals surface area (Å²) in [5.41, 5.74) is 0. The quantitative estimate of drug-likeness (QED) is 0.622. The average Bonchev–Trinajstić information content (AvgIpc) is 2.59. The number of rotatable bonds is 5. The Labute approximate surface area is 93.7 Å². The van der Waals surface area contributed by atoms with Crippen molar-refractivity contribution < 1.29 is 14.6 Å². The molecule has 0 amide bonds. The lowest BCUT2D eigenvalue weighted by Gasteiger charge is -1.95. The number of hydrogen-bond acceptors (Lipinski definition) is 4. The third-order valence-corrected chi connectivity index (χ3v) is 3.33. The van der Waals surface area contributed by atoms with E-state index in [9.17, 15) is 9.90 Å². The van der Waals surface area contributed by atoms with Gasteiger partial charge in [0.1, 0.15) is 5.75 Å². The van der Waals surface area contributed by atoms with Crippen molar-refractivity contribution in [2.45, 2.75) is 32.6 Å². The normalized spacial score (nSPS) is 10.3. The van der Waals surface area contributed by atoms with Crippen LogP contribution >= 0.6 is 11.3 Å². The summed E-state index contributed by atoms with van der Waals surface area (Å²) in [7, 11) is 1.32. The zero-order valence-corrected chi connectivity index (χ0v) is 9.89. The molecule has 1 aromatic rings. The number of unbranched alkanes of at least 4 members (excludes halogenated alkanes) is 2. The minimum absolute atomic E-state index is 0.0401. The van der Waals surface area contributed by atoms with E-state index >= 15 is 0 Å². The molecule has 0 atom stereocenters. The first-order chi connectivity index (χ1) is 7.19. The molecular weight excluding hydrogens is 212 g/mol. The van der Waals surface area contributed by atoms with Crippen LogP contribution in [0.2, 0.25) is 0 Å². The van der Waals surface area contributed by atoms with Crippen LogP contribution in [0.1, 0.15) is 40.7 Å². The first kappa shape index (κ1) is 12.0. The van der Waals surface area contributed by atoms with E-state index < -0.39 is 5.97 Å². The summed E-state index contributed by atoms with van der Waals surface area (Å²) >= 11 is 1.32. The molecule has 0 aliphatic heterocycles. The van der Waals surface area contributed by atoms with E-state index in [0.29, 0.717) is 4.88 Å². The van der Waals surface area contributed by atoms with Gasteiger partial charge in [0.2, 0.25) is 0 Å². The maximum absolute atomic E-state index is 11.2. The molecule has 1 N–H and O–H groups in total. The summed E-state index contributed by atoms with van der Waals surface area (Å²) < 4.78 is 4.57. The molecule has 0 radical (unpaired) electrons. The van der Waals surface area contributed by atoms with Gasteiger partial charge in [-0.05, 0) is 18.9 Å². The zero-order valence-electron chi connectivity index (χ0n) is 9.08. The Balaban J connectivity index is 2.64. The lowest BCUT2D eigenvalue weighted by Crippen LogP contribution is -1.97. The van der Waals surface area contributed by atoms with Crippen LogP contribution in [0.15, 0.2) is 6.07 Å². The van der Waals surface area contributed by atoms with Crippen LogP contribution in [0, 0.1) is 0 Å². The minimum Gasteiger partial charge on any atom is -0.506 e.